The molecule has 4 nitrogen and oxygen atoms in total. The summed E-state index contributed by atoms with van der Waals surface area (Å²) >= 11 is 0. The van der Waals surface area contributed by atoms with Crippen LogP contribution in [0, 0.1) is 11.3 Å². The lowest BCUT2D eigenvalue weighted by atomic mass is 9.93. The highest BCUT2D eigenvalue weighted by atomic mass is 15.1. The number of rotatable bonds is 9. The van der Waals surface area contributed by atoms with Crippen LogP contribution in [0.25, 0.3) is 60.5 Å². The van der Waals surface area contributed by atoms with Crippen molar-refractivity contribution in [2.24, 2.45) is 0 Å². The average Bonchev–Trinajstić information content (AvgIpc) is 3.68. The molecule has 0 amide bonds. The van der Waals surface area contributed by atoms with Crippen molar-refractivity contribution in [1.82, 2.24) is 4.57 Å². The number of aromatic nitrogens is 1. The van der Waals surface area contributed by atoms with Crippen molar-refractivity contribution in [3.05, 3.63) is 248 Å². The molecule has 0 radical (unpaired) electrons. The van der Waals surface area contributed by atoms with Crippen LogP contribution in [-0.4, -0.2) is 4.57 Å². The van der Waals surface area contributed by atoms with Crippen molar-refractivity contribution in [3.63, 3.8) is 0 Å². The van der Waals surface area contributed by atoms with E-state index in [1.807, 2.05) is 18.2 Å². The molecular formula is C59H40N4. The van der Waals surface area contributed by atoms with Crippen LogP contribution in [0.3, 0.4) is 0 Å². The number of hydrogen-bond donors (Lipinski definition) is 0. The van der Waals surface area contributed by atoms with Crippen molar-refractivity contribution in [2.45, 2.75) is 0 Å². The summed E-state index contributed by atoms with van der Waals surface area (Å²) < 4.78 is 2.39. The smallest absolute Gasteiger partial charge is 0.100 e. The van der Waals surface area contributed by atoms with Gasteiger partial charge in [-0.25, -0.2) is 0 Å². The SMILES string of the molecule is N#Cc1c(-c2cccc(-c3ccc(-n4c5ccc(N(c6ccccc6)c6ccccc6)cc5c5cc(N(c6ccccc6)c6ccccc6)ccc54)cc3)c2)ccc2ccccc12. The van der Waals surface area contributed by atoms with Crippen LogP contribution in [0.4, 0.5) is 34.1 Å². The number of nitriles is 1. The molecule has 4 heteroatoms. The molecule has 11 aromatic rings. The fourth-order valence-electron chi connectivity index (χ4n) is 9.06. The van der Waals surface area contributed by atoms with Gasteiger partial charge >= 0.3 is 0 Å². The Morgan fingerprint density at radius 3 is 1.32 bits per heavy atom. The largest absolute Gasteiger partial charge is 0.310 e. The van der Waals surface area contributed by atoms with E-state index < -0.39 is 0 Å². The molecular weight excluding hydrogens is 765 g/mol. The molecule has 0 unspecified atom stereocenters. The number of benzene rings is 10. The molecule has 0 fully saturated rings. The zero-order chi connectivity index (χ0) is 42.1. The highest BCUT2D eigenvalue weighted by Crippen LogP contribution is 2.43. The van der Waals surface area contributed by atoms with Gasteiger partial charge in [0.15, 0.2) is 0 Å². The van der Waals surface area contributed by atoms with Gasteiger partial charge in [0.25, 0.3) is 0 Å². The van der Waals surface area contributed by atoms with Crippen molar-refractivity contribution < 1.29 is 0 Å². The van der Waals surface area contributed by atoms with Crippen LogP contribution < -0.4 is 9.80 Å². The van der Waals surface area contributed by atoms with E-state index in [0.29, 0.717) is 5.56 Å². The Kier molecular flexibility index (Phi) is 9.54. The summed E-state index contributed by atoms with van der Waals surface area (Å²) in [7, 11) is 0. The van der Waals surface area contributed by atoms with Crippen LogP contribution in [0.2, 0.25) is 0 Å². The Morgan fingerprint density at radius 2 is 0.810 bits per heavy atom. The molecule has 0 saturated heterocycles. The summed E-state index contributed by atoms with van der Waals surface area (Å²) in [6.45, 7) is 0. The molecule has 0 atom stereocenters. The van der Waals surface area contributed by atoms with Gasteiger partial charge in [-0.2, -0.15) is 5.26 Å². The number of hydrogen-bond acceptors (Lipinski definition) is 3. The van der Waals surface area contributed by atoms with E-state index in [1.165, 1.54) is 0 Å². The predicted molar refractivity (Wildman–Crippen MR) is 263 cm³/mol. The Hall–Kier alpha value is -8.65. The van der Waals surface area contributed by atoms with Crippen LogP contribution in [0.1, 0.15) is 5.56 Å². The Morgan fingerprint density at radius 1 is 0.333 bits per heavy atom. The normalized spacial score (nSPS) is 11.2. The first kappa shape index (κ1) is 37.4. The molecule has 0 saturated carbocycles. The zero-order valence-electron chi connectivity index (χ0n) is 34.4. The molecule has 296 valence electrons. The Labute approximate surface area is 367 Å². The first-order chi connectivity index (χ1) is 31.2. The summed E-state index contributed by atoms with van der Waals surface area (Å²) in [4.78, 5) is 4.65. The summed E-state index contributed by atoms with van der Waals surface area (Å²) in [6.07, 6.45) is 0. The van der Waals surface area contributed by atoms with Gasteiger partial charge in [0.2, 0.25) is 0 Å². The number of nitrogens with zero attached hydrogens (tertiary/aromatic N) is 4. The highest BCUT2D eigenvalue weighted by molar-refractivity contribution is 6.12. The van der Waals surface area contributed by atoms with Crippen LogP contribution in [0.15, 0.2) is 243 Å². The van der Waals surface area contributed by atoms with E-state index >= 15 is 0 Å². The molecule has 0 aliphatic rings. The van der Waals surface area contributed by atoms with Gasteiger partial charge < -0.3 is 14.4 Å². The monoisotopic (exact) mass is 804 g/mol. The highest BCUT2D eigenvalue weighted by Gasteiger charge is 2.20. The minimum absolute atomic E-state index is 0.699. The molecule has 10 aromatic carbocycles. The maximum absolute atomic E-state index is 10.3. The van der Waals surface area contributed by atoms with E-state index in [4.69, 9.17) is 0 Å². The van der Waals surface area contributed by atoms with Gasteiger partial charge in [-0.15, -0.1) is 0 Å². The lowest BCUT2D eigenvalue weighted by Gasteiger charge is -2.26. The second kappa shape index (κ2) is 16.1. The van der Waals surface area contributed by atoms with Gasteiger partial charge in [-0.3, -0.25) is 0 Å². The quantitative estimate of drug-likeness (QED) is 0.146. The minimum Gasteiger partial charge on any atom is -0.310 e. The van der Waals surface area contributed by atoms with E-state index in [-0.39, 0.29) is 0 Å². The van der Waals surface area contributed by atoms with E-state index in [2.05, 4.69) is 245 Å². The van der Waals surface area contributed by atoms with E-state index in [0.717, 1.165) is 94.6 Å². The second-order valence-corrected chi connectivity index (χ2v) is 15.7. The van der Waals surface area contributed by atoms with E-state index in [1.54, 1.807) is 0 Å². The van der Waals surface area contributed by atoms with E-state index in [9.17, 15) is 5.26 Å². The summed E-state index contributed by atoms with van der Waals surface area (Å²) in [6, 6.07) is 88.1. The molecule has 1 aromatic heterocycles. The van der Waals surface area contributed by atoms with Crippen molar-refractivity contribution >= 4 is 66.7 Å². The zero-order valence-corrected chi connectivity index (χ0v) is 34.4. The van der Waals surface area contributed by atoms with Crippen molar-refractivity contribution in [1.29, 1.82) is 5.26 Å². The fourth-order valence-corrected chi connectivity index (χ4v) is 9.06. The van der Waals surface area contributed by atoms with Crippen LogP contribution >= 0.6 is 0 Å². The third-order valence-electron chi connectivity index (χ3n) is 12.0. The summed E-state index contributed by atoms with van der Waals surface area (Å²) in [5.74, 6) is 0. The third kappa shape index (κ3) is 6.85. The van der Waals surface area contributed by atoms with Crippen LogP contribution in [0.5, 0.6) is 0 Å². The molecule has 63 heavy (non-hydrogen) atoms. The lowest BCUT2D eigenvalue weighted by Crippen LogP contribution is -2.09. The maximum Gasteiger partial charge on any atom is 0.100 e. The van der Waals surface area contributed by atoms with Crippen molar-refractivity contribution in [3.8, 4) is 34.0 Å². The first-order valence-electron chi connectivity index (χ1n) is 21.2. The number of fused-ring (bicyclic) bond motifs is 4. The minimum atomic E-state index is 0.699. The predicted octanol–water partition coefficient (Wildman–Crippen LogP) is 16.1. The van der Waals surface area contributed by atoms with Gasteiger partial charge in [0, 0.05) is 61.5 Å². The number of para-hydroxylation sites is 4. The first-order valence-corrected chi connectivity index (χ1v) is 21.2. The molecule has 0 aliphatic heterocycles. The molecule has 0 aliphatic carbocycles. The average molecular weight is 805 g/mol. The third-order valence-corrected chi connectivity index (χ3v) is 12.0. The molecule has 0 bridgehead atoms. The fraction of sp³-hybridized carbons (Fsp3) is 0. The standard InChI is InChI=1S/C59H40N4/c60-41-57-53-27-14-13-16-43(53)30-35-54(57)45-18-15-17-44(38-45)42-28-31-50(32-29-42)63-58-36-33-51(61(46-19-5-1-6-20-46)47-21-7-2-8-22-47)39-55(58)56-40-52(34-37-59(56)63)62(48-23-9-3-10-24-48)49-25-11-4-12-26-49/h1-40H. The molecule has 0 spiro atoms. The lowest BCUT2D eigenvalue weighted by molar-refractivity contribution is 1.18. The topological polar surface area (TPSA) is 35.2 Å². The van der Waals surface area contributed by atoms with Gasteiger partial charge in [-0.1, -0.05) is 140 Å². The maximum atomic E-state index is 10.3. The van der Waals surface area contributed by atoms with Crippen molar-refractivity contribution in [2.75, 3.05) is 9.80 Å². The number of anilines is 6. The molecule has 0 N–H and O–H groups in total. The summed E-state index contributed by atoms with van der Waals surface area (Å²) in [5, 5.41) is 14.6. The molecule has 11 rings (SSSR count). The molecule has 1 heterocycles. The van der Waals surface area contributed by atoms with Gasteiger partial charge in [0.05, 0.1) is 16.6 Å². The Balaban J connectivity index is 1.06. The summed E-state index contributed by atoms with van der Waals surface area (Å²) in [5.41, 5.74) is 14.7. The van der Waals surface area contributed by atoms with Gasteiger partial charge in [0.1, 0.15) is 6.07 Å². The van der Waals surface area contributed by atoms with Crippen LogP contribution in [-0.2, 0) is 0 Å². The second-order valence-electron chi connectivity index (χ2n) is 15.7. The van der Waals surface area contributed by atoms with Gasteiger partial charge in [-0.05, 0) is 125 Å². The Bertz CT molecular complexity index is 3230.